The summed E-state index contributed by atoms with van der Waals surface area (Å²) in [4.78, 5) is 12.9. The lowest BCUT2D eigenvalue weighted by molar-refractivity contribution is -0.122. The van der Waals surface area contributed by atoms with Crippen LogP contribution in [0.3, 0.4) is 0 Å². The van der Waals surface area contributed by atoms with Crippen molar-refractivity contribution in [3.05, 3.63) is 101 Å². The Hall–Kier alpha value is -3.02. The van der Waals surface area contributed by atoms with Crippen molar-refractivity contribution in [1.29, 1.82) is 0 Å². The SMILES string of the molecule is CC(C)(C)Oc1ccc2c(c1)[C@@H](NC[C@@H](O)[C@H](Cc1cc(F)cc(F)c1)NC(=O)Cc1ccccc1)CS(O)(O)C2. The van der Waals surface area contributed by atoms with Crippen LogP contribution in [0.25, 0.3) is 0 Å². The minimum absolute atomic E-state index is 0.0158. The van der Waals surface area contributed by atoms with Gasteiger partial charge in [-0.25, -0.2) is 8.78 Å². The zero-order valence-corrected chi connectivity index (χ0v) is 24.3. The van der Waals surface area contributed by atoms with E-state index in [9.17, 15) is 27.8 Å². The smallest absolute Gasteiger partial charge is 0.224 e. The number of nitrogens with one attached hydrogen (secondary N) is 2. The molecule has 0 spiro atoms. The van der Waals surface area contributed by atoms with Gasteiger partial charge in [0.15, 0.2) is 0 Å². The van der Waals surface area contributed by atoms with Crippen LogP contribution in [-0.4, -0.2) is 50.2 Å². The zero-order chi connectivity index (χ0) is 29.8. The lowest BCUT2D eigenvalue weighted by Crippen LogP contribution is -2.50. The van der Waals surface area contributed by atoms with E-state index < -0.39 is 46.0 Å². The number of hydrogen-bond acceptors (Lipinski definition) is 6. The van der Waals surface area contributed by atoms with Gasteiger partial charge in [-0.2, -0.15) is 10.6 Å². The lowest BCUT2D eigenvalue weighted by Gasteiger charge is -2.42. The minimum atomic E-state index is -2.91. The number of rotatable bonds is 10. The number of benzene rings is 3. The maximum Gasteiger partial charge on any atom is 0.224 e. The summed E-state index contributed by atoms with van der Waals surface area (Å²) < 4.78 is 55.0. The van der Waals surface area contributed by atoms with Gasteiger partial charge in [-0.3, -0.25) is 13.9 Å². The van der Waals surface area contributed by atoms with E-state index in [1.807, 2.05) is 63.2 Å². The van der Waals surface area contributed by atoms with Crippen molar-refractivity contribution in [2.75, 3.05) is 12.3 Å². The Kier molecular flexibility index (Phi) is 9.71. The van der Waals surface area contributed by atoms with Crippen molar-refractivity contribution in [1.82, 2.24) is 10.6 Å². The van der Waals surface area contributed by atoms with Gasteiger partial charge in [0, 0.05) is 12.6 Å². The van der Waals surface area contributed by atoms with Gasteiger partial charge in [-0.05, 0) is 73.7 Å². The number of carbonyl (C=O) groups is 1. The molecular weight excluding hydrogens is 550 g/mol. The van der Waals surface area contributed by atoms with Crippen molar-refractivity contribution in [3.63, 3.8) is 0 Å². The van der Waals surface area contributed by atoms with Crippen molar-refractivity contribution < 1.29 is 32.5 Å². The third-order valence-corrected chi connectivity index (χ3v) is 8.35. The molecule has 222 valence electrons. The quantitative estimate of drug-likeness (QED) is 0.218. The Morgan fingerprint density at radius 3 is 2.37 bits per heavy atom. The molecule has 3 aromatic carbocycles. The molecule has 1 amide bonds. The second-order valence-corrected chi connectivity index (χ2v) is 13.8. The summed E-state index contributed by atoms with van der Waals surface area (Å²) in [7, 11) is -2.91. The van der Waals surface area contributed by atoms with E-state index in [4.69, 9.17) is 4.74 Å². The average molecular weight is 589 g/mol. The summed E-state index contributed by atoms with van der Waals surface area (Å²) in [6.07, 6.45) is -1.11. The highest BCUT2D eigenvalue weighted by Gasteiger charge is 2.32. The molecule has 0 unspecified atom stereocenters. The molecule has 0 aliphatic carbocycles. The maximum absolute atomic E-state index is 13.9. The van der Waals surface area contributed by atoms with E-state index in [2.05, 4.69) is 10.6 Å². The molecule has 41 heavy (non-hydrogen) atoms. The number of fused-ring (bicyclic) bond motifs is 1. The largest absolute Gasteiger partial charge is 0.488 e. The summed E-state index contributed by atoms with van der Waals surface area (Å²) in [5.41, 5.74) is 2.25. The third kappa shape index (κ3) is 9.24. The van der Waals surface area contributed by atoms with Crippen LogP contribution in [-0.2, 0) is 23.4 Å². The zero-order valence-electron chi connectivity index (χ0n) is 23.4. The first-order valence-corrected chi connectivity index (χ1v) is 15.4. The first kappa shape index (κ1) is 30.9. The van der Waals surface area contributed by atoms with E-state index >= 15 is 0 Å². The third-order valence-electron chi connectivity index (χ3n) is 6.71. The number of hydrogen-bond donors (Lipinski definition) is 5. The van der Waals surface area contributed by atoms with Gasteiger partial charge in [-0.15, -0.1) is 0 Å². The normalized spacial score (nSPS) is 18.6. The molecule has 3 atom stereocenters. The molecule has 0 bridgehead atoms. The van der Waals surface area contributed by atoms with Crippen LogP contribution >= 0.6 is 10.6 Å². The molecule has 0 aromatic heterocycles. The summed E-state index contributed by atoms with van der Waals surface area (Å²) in [5, 5.41) is 17.3. The number of carbonyl (C=O) groups excluding carboxylic acids is 1. The number of ether oxygens (including phenoxy) is 1. The molecule has 10 heteroatoms. The first-order valence-electron chi connectivity index (χ1n) is 13.5. The fourth-order valence-electron chi connectivity index (χ4n) is 4.99. The van der Waals surface area contributed by atoms with Crippen LogP contribution in [0.5, 0.6) is 5.75 Å². The Morgan fingerprint density at radius 1 is 1.02 bits per heavy atom. The van der Waals surface area contributed by atoms with Crippen LogP contribution in [0.4, 0.5) is 8.78 Å². The molecule has 0 fully saturated rings. The van der Waals surface area contributed by atoms with E-state index in [0.29, 0.717) is 5.75 Å². The van der Waals surface area contributed by atoms with E-state index in [1.165, 1.54) is 12.1 Å². The van der Waals surface area contributed by atoms with Crippen LogP contribution < -0.4 is 15.4 Å². The van der Waals surface area contributed by atoms with Gasteiger partial charge >= 0.3 is 0 Å². The molecule has 0 saturated carbocycles. The fourth-order valence-corrected chi connectivity index (χ4v) is 6.70. The summed E-state index contributed by atoms with van der Waals surface area (Å²) in [6, 6.07) is 16.3. The fraction of sp³-hybridized carbons (Fsp3) is 0.387. The van der Waals surface area contributed by atoms with E-state index in [0.717, 1.165) is 22.8 Å². The van der Waals surface area contributed by atoms with Crippen LogP contribution in [0, 0.1) is 11.6 Å². The Labute approximate surface area is 241 Å². The van der Waals surface area contributed by atoms with E-state index in [-0.39, 0.29) is 42.4 Å². The summed E-state index contributed by atoms with van der Waals surface area (Å²) in [6.45, 7) is 5.78. The van der Waals surface area contributed by atoms with Gasteiger partial charge in [0.05, 0.1) is 36.1 Å². The molecule has 3 aromatic rings. The average Bonchev–Trinajstić information content (AvgIpc) is 2.85. The number of aliphatic hydroxyl groups is 1. The number of aliphatic hydroxyl groups excluding tert-OH is 1. The molecule has 7 nitrogen and oxygen atoms in total. The predicted octanol–water partition coefficient (Wildman–Crippen LogP) is 5.37. The van der Waals surface area contributed by atoms with Gasteiger partial charge in [0.25, 0.3) is 0 Å². The molecule has 1 aliphatic heterocycles. The molecule has 1 aliphatic rings. The van der Waals surface area contributed by atoms with Crippen molar-refractivity contribution >= 4 is 16.5 Å². The van der Waals surface area contributed by atoms with Crippen LogP contribution in [0.1, 0.15) is 49.1 Å². The maximum atomic E-state index is 13.9. The highest BCUT2D eigenvalue weighted by Crippen LogP contribution is 2.51. The molecule has 0 saturated heterocycles. The lowest BCUT2D eigenvalue weighted by atomic mass is 9.98. The second kappa shape index (κ2) is 12.9. The van der Waals surface area contributed by atoms with Crippen molar-refractivity contribution in [3.8, 4) is 5.75 Å². The van der Waals surface area contributed by atoms with Gasteiger partial charge in [-0.1, -0.05) is 36.4 Å². The standard InChI is InChI=1S/C31H38F2N2O5S/c1-31(2,3)40-25-10-9-22-18-41(38,39)19-28(26(22)16-25)34-17-29(36)27(13-21-11-23(32)15-24(33)12-21)35-30(37)14-20-7-5-4-6-8-20/h4-12,15-16,27-29,34,36,38-39H,13-14,17-19H2,1-3H3,(H,35,37)/t27-,28-,29+/m0/s1. The van der Waals surface area contributed by atoms with Gasteiger partial charge in [0.2, 0.25) is 5.91 Å². The minimum Gasteiger partial charge on any atom is -0.488 e. The topological polar surface area (TPSA) is 111 Å². The Morgan fingerprint density at radius 2 is 1.71 bits per heavy atom. The number of halogens is 2. The van der Waals surface area contributed by atoms with E-state index in [1.54, 1.807) is 6.07 Å². The number of amides is 1. The summed E-state index contributed by atoms with van der Waals surface area (Å²) >= 11 is 0. The molecule has 5 N–H and O–H groups in total. The molecular formula is C31H38F2N2O5S. The Bertz CT molecular complexity index is 1330. The monoisotopic (exact) mass is 588 g/mol. The first-order chi connectivity index (χ1) is 19.3. The highest BCUT2D eigenvalue weighted by atomic mass is 32.3. The Balaban J connectivity index is 1.52. The van der Waals surface area contributed by atoms with Crippen molar-refractivity contribution in [2.45, 2.75) is 63.2 Å². The van der Waals surface area contributed by atoms with Crippen LogP contribution in [0.15, 0.2) is 66.7 Å². The predicted molar refractivity (Wildman–Crippen MR) is 157 cm³/mol. The molecule has 1 heterocycles. The van der Waals surface area contributed by atoms with Gasteiger partial charge in [0.1, 0.15) is 23.0 Å². The summed E-state index contributed by atoms with van der Waals surface area (Å²) in [5.74, 6) is -1.04. The molecule has 0 radical (unpaired) electrons. The highest BCUT2D eigenvalue weighted by molar-refractivity contribution is 8.23. The molecule has 4 rings (SSSR count). The van der Waals surface area contributed by atoms with Crippen LogP contribution in [0.2, 0.25) is 0 Å². The second-order valence-electron chi connectivity index (χ2n) is 11.5. The van der Waals surface area contributed by atoms with Gasteiger partial charge < -0.3 is 20.5 Å². The van der Waals surface area contributed by atoms with Crippen molar-refractivity contribution in [2.24, 2.45) is 0 Å².